The molecule has 7 aromatic rings. The number of aromatic nitrogens is 3. The second kappa shape index (κ2) is 15.9. The van der Waals surface area contributed by atoms with Crippen LogP contribution in [0.2, 0.25) is 0 Å². The van der Waals surface area contributed by atoms with Gasteiger partial charge in [0.1, 0.15) is 30.3 Å². The lowest BCUT2D eigenvalue weighted by atomic mass is 10.2. The fourth-order valence-corrected chi connectivity index (χ4v) is 4.61. The zero-order valence-electron chi connectivity index (χ0n) is 26.8. The maximum Gasteiger partial charge on any atom is 0.355 e. The molecular weight excluding hydrogens is 638 g/mol. The maximum absolute atomic E-state index is 12.0. The Balaban J connectivity index is 0.000000182. The SMILES string of the molecule is CC.CCOC(=O)c1cc2occc2n1COC(=O)c1ccccc1.O=C(OCCOC(=O)c1cc2occc2[nH]1)c1cc2occc2[nH]1. The van der Waals surface area contributed by atoms with Crippen LogP contribution in [0.15, 0.2) is 98.8 Å². The Labute approximate surface area is 278 Å². The van der Waals surface area contributed by atoms with Crippen LogP contribution in [-0.4, -0.2) is 58.2 Å². The van der Waals surface area contributed by atoms with Crippen molar-refractivity contribution < 1.29 is 51.4 Å². The molecule has 0 atom stereocenters. The number of carbonyl (C=O) groups is 4. The predicted molar refractivity (Wildman–Crippen MR) is 175 cm³/mol. The maximum atomic E-state index is 12.0. The topological polar surface area (TPSA) is 181 Å². The molecule has 6 heterocycles. The summed E-state index contributed by atoms with van der Waals surface area (Å²) in [6.07, 6.45) is 4.55. The lowest BCUT2D eigenvalue weighted by molar-refractivity contribution is 0.0260. The number of furan rings is 3. The molecule has 254 valence electrons. The molecule has 0 aliphatic rings. The lowest BCUT2D eigenvalue weighted by Crippen LogP contribution is -2.16. The summed E-state index contributed by atoms with van der Waals surface area (Å²) in [6.45, 7) is 5.77. The molecule has 49 heavy (non-hydrogen) atoms. The third-order valence-corrected chi connectivity index (χ3v) is 6.81. The number of benzene rings is 1. The van der Waals surface area contributed by atoms with Gasteiger partial charge in [0.15, 0.2) is 23.5 Å². The van der Waals surface area contributed by atoms with Gasteiger partial charge in [-0.1, -0.05) is 32.0 Å². The normalized spacial score (nSPS) is 10.6. The molecule has 1 aromatic carbocycles. The van der Waals surface area contributed by atoms with Crippen molar-refractivity contribution in [2.75, 3.05) is 19.8 Å². The number of rotatable bonds is 10. The van der Waals surface area contributed by atoms with E-state index in [0.717, 1.165) is 0 Å². The van der Waals surface area contributed by atoms with Crippen molar-refractivity contribution >= 4 is 57.2 Å². The van der Waals surface area contributed by atoms with E-state index in [0.29, 0.717) is 38.9 Å². The Morgan fingerprint density at radius 2 is 1.18 bits per heavy atom. The molecule has 2 N–H and O–H groups in total. The molecule has 7 rings (SSSR count). The molecule has 0 unspecified atom stereocenters. The van der Waals surface area contributed by atoms with Crippen LogP contribution in [0.3, 0.4) is 0 Å². The van der Waals surface area contributed by atoms with Crippen LogP contribution < -0.4 is 0 Å². The summed E-state index contributed by atoms with van der Waals surface area (Å²) >= 11 is 0. The van der Waals surface area contributed by atoms with Gasteiger partial charge in [0.25, 0.3) is 0 Å². The standard InChI is InChI=1S/C17H15NO5.C16H12N2O6.C2H6/c1-2-21-17(20)14-10-15-13(8-9-22-15)18(14)11-23-16(19)12-6-4-3-5-7-12;19-15(11-7-13-9(17-11)1-3-21-13)23-5-6-24-16(20)12-8-14-10(18-12)2-4-22-14;1-2/h3-10H,2,11H2,1H3;1-4,7-8,17-18H,5-6H2;1-2H3. The number of hydrogen-bond donors (Lipinski definition) is 2. The van der Waals surface area contributed by atoms with E-state index >= 15 is 0 Å². The summed E-state index contributed by atoms with van der Waals surface area (Å²) in [7, 11) is 0. The third kappa shape index (κ3) is 7.93. The van der Waals surface area contributed by atoms with Gasteiger partial charge in [0.05, 0.1) is 47.5 Å². The molecule has 14 heteroatoms. The summed E-state index contributed by atoms with van der Waals surface area (Å²) in [5.41, 5.74) is 5.05. The van der Waals surface area contributed by atoms with Crippen LogP contribution in [0.5, 0.6) is 0 Å². The van der Waals surface area contributed by atoms with Crippen molar-refractivity contribution in [1.82, 2.24) is 14.5 Å². The Bertz CT molecular complexity index is 2020. The molecule has 0 aliphatic carbocycles. The molecule has 0 saturated heterocycles. The van der Waals surface area contributed by atoms with E-state index < -0.39 is 23.9 Å². The molecule has 0 aliphatic heterocycles. The molecule has 0 saturated carbocycles. The zero-order chi connectivity index (χ0) is 34.8. The Kier molecular flexibility index (Phi) is 11.0. The molecule has 0 bridgehead atoms. The molecule has 6 aromatic heterocycles. The summed E-state index contributed by atoms with van der Waals surface area (Å²) in [4.78, 5) is 53.5. The average molecular weight is 672 g/mol. The molecule has 0 fully saturated rings. The molecule has 0 radical (unpaired) electrons. The van der Waals surface area contributed by atoms with Gasteiger partial charge in [0.2, 0.25) is 0 Å². The number of carbonyl (C=O) groups excluding carboxylic acids is 4. The summed E-state index contributed by atoms with van der Waals surface area (Å²) in [5.74, 6) is -2.05. The highest BCUT2D eigenvalue weighted by Gasteiger charge is 2.20. The average Bonchev–Trinajstić information content (AvgIpc) is 3.96. The minimum absolute atomic E-state index is 0.0538. The number of nitrogens with one attached hydrogen (secondary N) is 2. The first-order valence-electron chi connectivity index (χ1n) is 15.3. The fraction of sp³-hybridized carbons (Fsp3) is 0.200. The van der Waals surface area contributed by atoms with E-state index in [1.54, 1.807) is 72.2 Å². The van der Waals surface area contributed by atoms with Crippen molar-refractivity contribution in [3.63, 3.8) is 0 Å². The number of aromatic amines is 2. The quantitative estimate of drug-likeness (QED) is 0.0859. The van der Waals surface area contributed by atoms with Gasteiger partial charge in [0, 0.05) is 36.4 Å². The van der Waals surface area contributed by atoms with E-state index in [1.165, 1.54) is 18.8 Å². The Hall–Kier alpha value is -6.44. The number of nitrogens with zero attached hydrogens (tertiary/aromatic N) is 1. The van der Waals surface area contributed by atoms with Crippen LogP contribution in [0, 0.1) is 0 Å². The van der Waals surface area contributed by atoms with Gasteiger partial charge in [-0.2, -0.15) is 0 Å². The van der Waals surface area contributed by atoms with Crippen LogP contribution in [0.25, 0.3) is 33.3 Å². The van der Waals surface area contributed by atoms with Crippen LogP contribution in [0.4, 0.5) is 0 Å². The van der Waals surface area contributed by atoms with Crippen molar-refractivity contribution in [2.45, 2.75) is 27.5 Å². The number of esters is 4. The van der Waals surface area contributed by atoms with Crippen LogP contribution in [0.1, 0.15) is 62.6 Å². The number of ether oxygens (including phenoxy) is 4. The minimum Gasteiger partial charge on any atom is -0.463 e. The molecular formula is C35H33N3O11. The Morgan fingerprint density at radius 3 is 1.73 bits per heavy atom. The van der Waals surface area contributed by atoms with Gasteiger partial charge < -0.3 is 42.2 Å². The molecule has 0 spiro atoms. The van der Waals surface area contributed by atoms with E-state index in [-0.39, 0.29) is 43.6 Å². The smallest absolute Gasteiger partial charge is 0.355 e. The van der Waals surface area contributed by atoms with Crippen LogP contribution in [-0.2, 0) is 25.7 Å². The van der Waals surface area contributed by atoms with E-state index in [9.17, 15) is 19.2 Å². The first kappa shape index (κ1) is 33.9. The van der Waals surface area contributed by atoms with Gasteiger partial charge in [-0.3, -0.25) is 4.57 Å². The van der Waals surface area contributed by atoms with Crippen LogP contribution >= 0.6 is 0 Å². The zero-order valence-corrected chi connectivity index (χ0v) is 26.8. The first-order valence-corrected chi connectivity index (χ1v) is 15.3. The largest absolute Gasteiger partial charge is 0.463 e. The van der Waals surface area contributed by atoms with Crippen molar-refractivity contribution in [3.8, 4) is 0 Å². The van der Waals surface area contributed by atoms with Crippen molar-refractivity contribution in [2.24, 2.45) is 0 Å². The number of H-pyrrole nitrogens is 2. The molecule has 14 nitrogen and oxygen atoms in total. The Morgan fingerprint density at radius 1 is 0.633 bits per heavy atom. The van der Waals surface area contributed by atoms with Gasteiger partial charge >= 0.3 is 23.9 Å². The highest BCUT2D eigenvalue weighted by atomic mass is 16.6. The lowest BCUT2D eigenvalue weighted by Gasteiger charge is -2.10. The monoisotopic (exact) mass is 671 g/mol. The number of hydrogen-bond acceptors (Lipinski definition) is 11. The van der Waals surface area contributed by atoms with E-state index in [1.807, 2.05) is 19.9 Å². The highest BCUT2D eigenvalue weighted by molar-refractivity contribution is 5.95. The summed E-state index contributed by atoms with van der Waals surface area (Å²) < 4.78 is 37.5. The highest BCUT2D eigenvalue weighted by Crippen LogP contribution is 2.22. The van der Waals surface area contributed by atoms with Gasteiger partial charge in [-0.05, 0) is 19.1 Å². The van der Waals surface area contributed by atoms with Crippen molar-refractivity contribution in [1.29, 1.82) is 0 Å². The minimum atomic E-state index is -0.546. The predicted octanol–water partition coefficient (Wildman–Crippen LogP) is 7.10. The second-order valence-corrected chi connectivity index (χ2v) is 9.81. The summed E-state index contributed by atoms with van der Waals surface area (Å²) in [5, 5.41) is 0. The van der Waals surface area contributed by atoms with E-state index in [2.05, 4.69) is 9.97 Å². The second-order valence-electron chi connectivity index (χ2n) is 9.81. The number of fused-ring (bicyclic) bond motifs is 3. The van der Waals surface area contributed by atoms with E-state index in [4.69, 9.17) is 32.2 Å². The summed E-state index contributed by atoms with van der Waals surface area (Å²) in [6, 6.07) is 18.5. The van der Waals surface area contributed by atoms with Crippen molar-refractivity contribution in [3.05, 3.63) is 108 Å². The third-order valence-electron chi connectivity index (χ3n) is 6.81. The first-order chi connectivity index (χ1) is 23.9. The van der Waals surface area contributed by atoms with Gasteiger partial charge in [-0.25, -0.2) is 19.2 Å². The fourth-order valence-electron chi connectivity index (χ4n) is 4.61. The molecule has 0 amide bonds. The van der Waals surface area contributed by atoms with Gasteiger partial charge in [-0.15, -0.1) is 0 Å².